The average Bonchev–Trinajstić information content (AvgIpc) is 3.09. The molecule has 1 aromatic rings. The number of aliphatic hydroxyl groups is 1. The van der Waals surface area contributed by atoms with Gasteiger partial charge >= 0.3 is 5.97 Å². The number of carboxylic acids is 1. The van der Waals surface area contributed by atoms with E-state index in [0.29, 0.717) is 37.8 Å². The second kappa shape index (κ2) is 8.83. The molecule has 0 bridgehead atoms. The molecular weight excluding hydrogens is 398 g/mol. The van der Waals surface area contributed by atoms with Crippen LogP contribution in [0.25, 0.3) is 0 Å². The van der Waals surface area contributed by atoms with Gasteiger partial charge < -0.3 is 15.1 Å². The highest BCUT2D eigenvalue weighted by Gasteiger charge is 2.39. The lowest BCUT2D eigenvalue weighted by atomic mass is 9.79. The molecule has 3 rings (SSSR count). The topological polar surface area (TPSA) is 77.8 Å². The molecule has 1 fully saturated rings. The van der Waals surface area contributed by atoms with Crippen LogP contribution in [0.4, 0.5) is 5.69 Å². The van der Waals surface area contributed by atoms with Crippen LogP contribution in [0.3, 0.4) is 0 Å². The van der Waals surface area contributed by atoms with Crippen LogP contribution in [0.2, 0.25) is 0 Å². The minimum absolute atomic E-state index is 0.0356. The van der Waals surface area contributed by atoms with E-state index >= 15 is 0 Å². The molecule has 166 valence electrons. The van der Waals surface area contributed by atoms with Crippen molar-refractivity contribution >= 4 is 28.9 Å². The summed E-state index contributed by atoms with van der Waals surface area (Å²) in [6.45, 7) is 10.4. The second-order valence-corrected chi connectivity index (χ2v) is 11.2. The van der Waals surface area contributed by atoms with Gasteiger partial charge in [-0.25, -0.2) is 4.79 Å². The van der Waals surface area contributed by atoms with Crippen molar-refractivity contribution in [2.45, 2.75) is 90.7 Å². The Hall–Kier alpha value is -1.66. The van der Waals surface area contributed by atoms with Gasteiger partial charge in [0.1, 0.15) is 4.88 Å². The Labute approximate surface area is 183 Å². The Balaban J connectivity index is 2.05. The van der Waals surface area contributed by atoms with Gasteiger partial charge in [-0.05, 0) is 62.8 Å². The third kappa shape index (κ3) is 4.80. The van der Waals surface area contributed by atoms with Crippen molar-refractivity contribution in [1.82, 2.24) is 0 Å². The first-order valence-corrected chi connectivity index (χ1v) is 11.8. The minimum atomic E-state index is -0.980. The van der Waals surface area contributed by atoms with E-state index in [1.807, 2.05) is 6.07 Å². The number of hydrogen-bond donors (Lipinski definition) is 2. The highest BCUT2D eigenvalue weighted by molar-refractivity contribution is 7.14. The van der Waals surface area contributed by atoms with Crippen molar-refractivity contribution in [3.05, 3.63) is 27.5 Å². The smallest absolute Gasteiger partial charge is 0.348 e. The van der Waals surface area contributed by atoms with Crippen LogP contribution in [0.5, 0.6) is 0 Å². The number of allylic oxidation sites excluding steroid dienone is 2. The lowest BCUT2D eigenvalue weighted by Gasteiger charge is -2.39. The van der Waals surface area contributed by atoms with Gasteiger partial charge in [-0.3, -0.25) is 4.79 Å². The fourth-order valence-electron chi connectivity index (χ4n) is 4.71. The molecular formula is C24H35NO4S. The summed E-state index contributed by atoms with van der Waals surface area (Å²) >= 11 is 1.28. The van der Waals surface area contributed by atoms with Crippen molar-refractivity contribution in [2.24, 2.45) is 11.8 Å². The molecule has 2 aliphatic rings. The molecule has 1 saturated carbocycles. The minimum Gasteiger partial charge on any atom is -0.477 e. The molecule has 0 saturated heterocycles. The van der Waals surface area contributed by atoms with Crippen LogP contribution in [0.15, 0.2) is 17.7 Å². The molecule has 1 amide bonds. The van der Waals surface area contributed by atoms with Crippen LogP contribution in [-0.4, -0.2) is 34.2 Å². The van der Waals surface area contributed by atoms with E-state index in [0.717, 1.165) is 11.3 Å². The second-order valence-electron chi connectivity index (χ2n) is 10.1. The maximum Gasteiger partial charge on any atom is 0.348 e. The number of anilines is 1. The summed E-state index contributed by atoms with van der Waals surface area (Å²) in [6, 6.07) is 1.85. The lowest BCUT2D eigenvalue weighted by molar-refractivity contribution is -0.124. The van der Waals surface area contributed by atoms with Crippen molar-refractivity contribution < 1.29 is 19.8 Å². The number of nitrogens with zero attached hydrogens (tertiary/aromatic N) is 1. The summed E-state index contributed by atoms with van der Waals surface area (Å²) in [6.07, 6.45) is 6.11. The lowest BCUT2D eigenvalue weighted by Crippen LogP contribution is -2.48. The number of carbonyl (C=O) groups excluding carboxylic acids is 1. The van der Waals surface area contributed by atoms with Crippen molar-refractivity contribution in [3.8, 4) is 0 Å². The predicted octanol–water partition coefficient (Wildman–Crippen LogP) is 5.37. The maximum atomic E-state index is 13.9. The molecule has 2 N–H and O–H groups in total. The summed E-state index contributed by atoms with van der Waals surface area (Å²) in [5.74, 6) is -0.853. The molecule has 1 aromatic heterocycles. The zero-order valence-electron chi connectivity index (χ0n) is 18.8. The molecule has 0 unspecified atom stereocenters. The Morgan fingerprint density at radius 2 is 1.80 bits per heavy atom. The van der Waals surface area contributed by atoms with Gasteiger partial charge in [-0.2, -0.15) is 0 Å². The fourth-order valence-corrected chi connectivity index (χ4v) is 5.76. The first-order chi connectivity index (χ1) is 14.0. The van der Waals surface area contributed by atoms with Crippen molar-refractivity contribution in [3.63, 3.8) is 0 Å². The third-order valence-corrected chi connectivity index (χ3v) is 8.08. The first kappa shape index (κ1) is 23.0. The number of hydrogen-bond acceptors (Lipinski definition) is 4. The monoisotopic (exact) mass is 433 g/mol. The number of thiophene rings is 1. The molecule has 0 aliphatic heterocycles. The largest absolute Gasteiger partial charge is 0.477 e. The molecule has 30 heavy (non-hydrogen) atoms. The van der Waals surface area contributed by atoms with E-state index in [9.17, 15) is 19.8 Å². The van der Waals surface area contributed by atoms with E-state index < -0.39 is 5.97 Å². The standard InChI is InChI=1S/C24H35NO4S/c1-14-6-11-18(15(2)12-14)22(27)25(16-7-9-17(26)10-8-16)19-13-20(24(3,4)5)30-21(19)23(28)29/h6,13,15-18,26H,7-12H2,1-5H3,(H,28,29)/t15-,16-,17-,18-/m1/s1. The van der Waals surface area contributed by atoms with Gasteiger partial charge in [-0.1, -0.05) is 39.3 Å². The summed E-state index contributed by atoms with van der Waals surface area (Å²) in [7, 11) is 0. The van der Waals surface area contributed by atoms with Crippen molar-refractivity contribution in [1.29, 1.82) is 0 Å². The number of amides is 1. The van der Waals surface area contributed by atoms with E-state index in [1.54, 1.807) is 4.90 Å². The summed E-state index contributed by atoms with van der Waals surface area (Å²) < 4.78 is 0. The predicted molar refractivity (Wildman–Crippen MR) is 121 cm³/mol. The molecule has 6 heteroatoms. The summed E-state index contributed by atoms with van der Waals surface area (Å²) in [5.41, 5.74) is 1.67. The molecule has 2 aliphatic carbocycles. The number of carboxylic acid groups (broad SMARTS) is 1. The highest BCUT2D eigenvalue weighted by atomic mass is 32.1. The first-order valence-electron chi connectivity index (χ1n) is 11.0. The Morgan fingerprint density at radius 3 is 2.33 bits per heavy atom. The van der Waals surface area contributed by atoms with Gasteiger partial charge in [0.05, 0.1) is 11.8 Å². The average molecular weight is 434 g/mol. The highest BCUT2D eigenvalue weighted by Crippen LogP contribution is 2.42. The maximum absolute atomic E-state index is 13.9. The van der Waals surface area contributed by atoms with Gasteiger partial charge in [0.2, 0.25) is 5.91 Å². The Kier molecular flexibility index (Phi) is 6.78. The van der Waals surface area contributed by atoms with Crippen LogP contribution in [0, 0.1) is 11.8 Å². The van der Waals surface area contributed by atoms with E-state index in [2.05, 4.69) is 40.7 Å². The van der Waals surface area contributed by atoms with Crippen molar-refractivity contribution in [2.75, 3.05) is 4.90 Å². The van der Waals surface area contributed by atoms with Crippen LogP contribution in [-0.2, 0) is 10.2 Å². The van der Waals surface area contributed by atoms with Crippen LogP contribution >= 0.6 is 11.3 Å². The van der Waals surface area contributed by atoms with E-state index in [-0.39, 0.29) is 40.2 Å². The molecule has 0 spiro atoms. The zero-order valence-corrected chi connectivity index (χ0v) is 19.6. The SMILES string of the molecule is CC1=CC[C@@H](C(=O)N(c2cc(C(C)(C)C)sc2C(=O)O)[C@H]2CC[C@H](O)CC2)[C@H](C)C1. The third-order valence-electron chi connectivity index (χ3n) is 6.54. The van der Waals surface area contributed by atoms with Crippen LogP contribution < -0.4 is 4.90 Å². The Morgan fingerprint density at radius 1 is 1.17 bits per heavy atom. The van der Waals surface area contributed by atoms with E-state index in [1.165, 1.54) is 16.9 Å². The zero-order chi connectivity index (χ0) is 22.2. The molecule has 0 aromatic carbocycles. The van der Waals surface area contributed by atoms with Gasteiger partial charge in [0.15, 0.2) is 0 Å². The number of rotatable bonds is 4. The van der Waals surface area contributed by atoms with E-state index in [4.69, 9.17) is 0 Å². The molecule has 0 radical (unpaired) electrons. The normalized spacial score (nSPS) is 27.5. The van der Waals surface area contributed by atoms with Gasteiger partial charge in [0, 0.05) is 16.8 Å². The molecule has 5 nitrogen and oxygen atoms in total. The number of carbonyl (C=O) groups is 2. The molecule has 1 heterocycles. The quantitative estimate of drug-likeness (QED) is 0.626. The van der Waals surface area contributed by atoms with Gasteiger partial charge in [-0.15, -0.1) is 11.3 Å². The summed E-state index contributed by atoms with van der Waals surface area (Å²) in [5, 5.41) is 19.9. The Bertz CT molecular complexity index is 827. The fraction of sp³-hybridized carbons (Fsp3) is 0.667. The summed E-state index contributed by atoms with van der Waals surface area (Å²) in [4.78, 5) is 29.0. The molecule has 2 atom stereocenters. The van der Waals surface area contributed by atoms with Gasteiger partial charge in [0.25, 0.3) is 0 Å². The van der Waals surface area contributed by atoms with Crippen LogP contribution in [0.1, 0.15) is 87.7 Å². The number of aliphatic hydroxyl groups excluding tert-OH is 1. The number of aromatic carboxylic acids is 1.